The largest absolute Gasteiger partial charge is 0.376 e. The molecule has 1 aromatic carbocycles. The van der Waals surface area contributed by atoms with Crippen molar-refractivity contribution in [2.75, 3.05) is 11.9 Å². The fraction of sp³-hybridized carbons (Fsp3) is 0.250. The number of carbonyl (C=O) groups excluding carboxylic acids is 1. The van der Waals surface area contributed by atoms with E-state index in [0.717, 1.165) is 16.9 Å². The summed E-state index contributed by atoms with van der Waals surface area (Å²) in [5.74, 6) is -0.0457. The van der Waals surface area contributed by atoms with E-state index in [2.05, 4.69) is 28.6 Å². The average Bonchev–Trinajstić information content (AvgIpc) is 2.45. The Morgan fingerprint density at radius 1 is 1.20 bits per heavy atom. The zero-order valence-electron chi connectivity index (χ0n) is 11.8. The van der Waals surface area contributed by atoms with Gasteiger partial charge in [-0.1, -0.05) is 23.8 Å². The van der Waals surface area contributed by atoms with Gasteiger partial charge in [-0.25, -0.2) is 0 Å². The number of amides is 1. The van der Waals surface area contributed by atoms with Crippen LogP contribution in [-0.4, -0.2) is 17.4 Å². The Morgan fingerprint density at radius 3 is 2.75 bits per heavy atom. The van der Waals surface area contributed by atoms with Gasteiger partial charge in [-0.05, 0) is 37.6 Å². The van der Waals surface area contributed by atoms with E-state index in [4.69, 9.17) is 0 Å². The Balaban J connectivity index is 1.80. The first-order valence-electron chi connectivity index (χ1n) is 6.63. The Bertz CT molecular complexity index is 582. The SMILES string of the molecule is Cc1ccc(NCC(=O)NCc2ccccn2)c(C)c1. The van der Waals surface area contributed by atoms with Crippen molar-refractivity contribution < 1.29 is 4.79 Å². The first-order valence-corrected chi connectivity index (χ1v) is 6.63. The minimum absolute atomic E-state index is 0.0457. The molecular weight excluding hydrogens is 250 g/mol. The molecule has 0 spiro atoms. The predicted molar refractivity (Wildman–Crippen MR) is 80.5 cm³/mol. The second kappa shape index (κ2) is 6.70. The van der Waals surface area contributed by atoms with Crippen LogP contribution in [0.5, 0.6) is 0 Å². The smallest absolute Gasteiger partial charge is 0.239 e. The Labute approximate surface area is 119 Å². The molecule has 2 N–H and O–H groups in total. The topological polar surface area (TPSA) is 54.0 Å². The van der Waals surface area contributed by atoms with E-state index in [9.17, 15) is 4.79 Å². The number of nitrogens with one attached hydrogen (secondary N) is 2. The zero-order chi connectivity index (χ0) is 14.4. The lowest BCUT2D eigenvalue weighted by molar-refractivity contribution is -0.119. The molecule has 104 valence electrons. The van der Waals surface area contributed by atoms with E-state index in [1.54, 1.807) is 6.20 Å². The molecule has 20 heavy (non-hydrogen) atoms. The first kappa shape index (κ1) is 14.1. The second-order valence-corrected chi connectivity index (χ2v) is 4.77. The number of carbonyl (C=O) groups is 1. The number of aryl methyl sites for hydroxylation is 2. The molecule has 0 aliphatic rings. The summed E-state index contributed by atoms with van der Waals surface area (Å²) >= 11 is 0. The molecule has 4 nitrogen and oxygen atoms in total. The van der Waals surface area contributed by atoms with Crippen molar-refractivity contribution in [3.05, 3.63) is 59.4 Å². The molecule has 0 saturated heterocycles. The average molecular weight is 269 g/mol. The van der Waals surface area contributed by atoms with E-state index in [1.165, 1.54) is 5.56 Å². The van der Waals surface area contributed by atoms with Crippen molar-refractivity contribution in [2.45, 2.75) is 20.4 Å². The first-order chi connectivity index (χ1) is 9.65. The summed E-state index contributed by atoms with van der Waals surface area (Å²) in [5.41, 5.74) is 4.20. The molecule has 2 rings (SSSR count). The Kier molecular flexibility index (Phi) is 4.71. The molecule has 0 saturated carbocycles. The number of benzene rings is 1. The van der Waals surface area contributed by atoms with Crippen molar-refractivity contribution >= 4 is 11.6 Å². The van der Waals surface area contributed by atoms with Crippen LogP contribution >= 0.6 is 0 Å². The molecule has 2 aromatic rings. The number of pyridine rings is 1. The van der Waals surface area contributed by atoms with Crippen LogP contribution in [0.25, 0.3) is 0 Å². The third-order valence-electron chi connectivity index (χ3n) is 3.01. The quantitative estimate of drug-likeness (QED) is 0.876. The molecule has 0 aliphatic carbocycles. The third kappa shape index (κ3) is 4.09. The minimum Gasteiger partial charge on any atom is -0.376 e. The Morgan fingerprint density at radius 2 is 2.05 bits per heavy atom. The highest BCUT2D eigenvalue weighted by Crippen LogP contribution is 2.15. The van der Waals surface area contributed by atoms with Crippen molar-refractivity contribution in [3.8, 4) is 0 Å². The van der Waals surface area contributed by atoms with Gasteiger partial charge in [0.15, 0.2) is 0 Å². The molecule has 0 aliphatic heterocycles. The van der Waals surface area contributed by atoms with Crippen LogP contribution in [0.2, 0.25) is 0 Å². The van der Waals surface area contributed by atoms with Crippen LogP contribution in [0.15, 0.2) is 42.6 Å². The standard InChI is InChI=1S/C16H19N3O/c1-12-6-7-15(13(2)9-12)18-11-16(20)19-10-14-5-3-4-8-17-14/h3-9,18H,10-11H2,1-2H3,(H,19,20). The monoisotopic (exact) mass is 269 g/mol. The van der Waals surface area contributed by atoms with E-state index < -0.39 is 0 Å². The highest BCUT2D eigenvalue weighted by atomic mass is 16.1. The summed E-state index contributed by atoms with van der Waals surface area (Å²) in [4.78, 5) is 15.9. The molecular formula is C16H19N3O. The van der Waals surface area contributed by atoms with Gasteiger partial charge < -0.3 is 10.6 Å². The van der Waals surface area contributed by atoms with Crippen molar-refractivity contribution in [2.24, 2.45) is 0 Å². The number of hydrogen-bond donors (Lipinski definition) is 2. The number of rotatable bonds is 5. The van der Waals surface area contributed by atoms with Gasteiger partial charge >= 0.3 is 0 Å². The van der Waals surface area contributed by atoms with Crippen molar-refractivity contribution in [1.82, 2.24) is 10.3 Å². The highest BCUT2D eigenvalue weighted by Gasteiger charge is 2.03. The predicted octanol–water partition coefficient (Wildman–Crippen LogP) is 2.43. The highest BCUT2D eigenvalue weighted by molar-refractivity contribution is 5.80. The minimum atomic E-state index is -0.0457. The normalized spacial score (nSPS) is 10.1. The van der Waals surface area contributed by atoms with E-state index in [1.807, 2.05) is 37.3 Å². The fourth-order valence-electron chi connectivity index (χ4n) is 1.94. The number of aromatic nitrogens is 1. The third-order valence-corrected chi connectivity index (χ3v) is 3.01. The lowest BCUT2D eigenvalue weighted by atomic mass is 10.1. The van der Waals surface area contributed by atoms with Gasteiger partial charge in [0.05, 0.1) is 18.8 Å². The van der Waals surface area contributed by atoms with Crippen LogP contribution in [0.1, 0.15) is 16.8 Å². The van der Waals surface area contributed by atoms with Crippen LogP contribution in [0.3, 0.4) is 0 Å². The summed E-state index contributed by atoms with van der Waals surface area (Å²) < 4.78 is 0. The van der Waals surface area contributed by atoms with Crippen molar-refractivity contribution in [1.29, 1.82) is 0 Å². The molecule has 1 heterocycles. The van der Waals surface area contributed by atoms with Gasteiger partial charge in [-0.15, -0.1) is 0 Å². The summed E-state index contributed by atoms with van der Waals surface area (Å²) in [5, 5.41) is 5.98. The number of anilines is 1. The molecule has 0 unspecified atom stereocenters. The summed E-state index contributed by atoms with van der Waals surface area (Å²) in [6, 6.07) is 11.8. The molecule has 0 fully saturated rings. The number of hydrogen-bond acceptors (Lipinski definition) is 3. The van der Waals surface area contributed by atoms with Crippen LogP contribution in [0, 0.1) is 13.8 Å². The fourth-order valence-corrected chi connectivity index (χ4v) is 1.94. The van der Waals surface area contributed by atoms with Gasteiger partial charge in [0, 0.05) is 11.9 Å². The molecule has 1 amide bonds. The summed E-state index contributed by atoms with van der Waals surface area (Å²) in [6.07, 6.45) is 1.72. The van der Waals surface area contributed by atoms with Crippen molar-refractivity contribution in [3.63, 3.8) is 0 Å². The molecule has 0 bridgehead atoms. The van der Waals surface area contributed by atoms with Crippen LogP contribution in [0.4, 0.5) is 5.69 Å². The van der Waals surface area contributed by atoms with Crippen LogP contribution in [-0.2, 0) is 11.3 Å². The van der Waals surface area contributed by atoms with Gasteiger partial charge in [-0.2, -0.15) is 0 Å². The molecule has 0 radical (unpaired) electrons. The lowest BCUT2D eigenvalue weighted by Crippen LogP contribution is -2.29. The van der Waals surface area contributed by atoms with Gasteiger partial charge in [0.2, 0.25) is 5.91 Å². The zero-order valence-corrected chi connectivity index (χ0v) is 11.8. The van der Waals surface area contributed by atoms with Gasteiger partial charge in [0.1, 0.15) is 0 Å². The van der Waals surface area contributed by atoms with Gasteiger partial charge in [0.25, 0.3) is 0 Å². The van der Waals surface area contributed by atoms with Crippen LogP contribution < -0.4 is 10.6 Å². The Hall–Kier alpha value is -2.36. The second-order valence-electron chi connectivity index (χ2n) is 4.77. The van der Waals surface area contributed by atoms with E-state index in [-0.39, 0.29) is 12.5 Å². The van der Waals surface area contributed by atoms with E-state index in [0.29, 0.717) is 6.54 Å². The molecule has 1 aromatic heterocycles. The number of nitrogens with zero attached hydrogens (tertiary/aromatic N) is 1. The summed E-state index contributed by atoms with van der Waals surface area (Å²) in [7, 11) is 0. The lowest BCUT2D eigenvalue weighted by Gasteiger charge is -2.10. The van der Waals surface area contributed by atoms with E-state index >= 15 is 0 Å². The maximum absolute atomic E-state index is 11.8. The molecule has 0 atom stereocenters. The molecule has 4 heteroatoms. The summed E-state index contributed by atoms with van der Waals surface area (Å²) in [6.45, 7) is 4.79. The maximum atomic E-state index is 11.8. The van der Waals surface area contributed by atoms with Gasteiger partial charge in [-0.3, -0.25) is 9.78 Å². The maximum Gasteiger partial charge on any atom is 0.239 e.